The summed E-state index contributed by atoms with van der Waals surface area (Å²) < 4.78 is 0. The lowest BCUT2D eigenvalue weighted by Gasteiger charge is -2.35. The van der Waals surface area contributed by atoms with Gasteiger partial charge in [-0.1, -0.05) is 20.3 Å². The molecule has 5 amide bonds. The number of nitrogens with one attached hydrogen (secondary N) is 2. The zero-order valence-electron chi connectivity index (χ0n) is 11.8. The highest BCUT2D eigenvalue weighted by molar-refractivity contribution is 6.05. The largest absolute Gasteiger partial charge is 0.352 e. The highest BCUT2D eigenvalue weighted by atomic mass is 16.2. The van der Waals surface area contributed by atoms with Crippen molar-refractivity contribution in [2.24, 2.45) is 11.7 Å². The van der Waals surface area contributed by atoms with Crippen molar-refractivity contribution >= 4 is 23.8 Å². The van der Waals surface area contributed by atoms with Crippen molar-refractivity contribution in [3.05, 3.63) is 0 Å². The average Bonchev–Trinajstić information content (AvgIpc) is 2.38. The summed E-state index contributed by atoms with van der Waals surface area (Å²) in [4.78, 5) is 47.6. The Labute approximate surface area is 117 Å². The third-order valence-corrected chi connectivity index (χ3v) is 3.48. The van der Waals surface area contributed by atoms with Gasteiger partial charge in [0.1, 0.15) is 18.6 Å². The van der Waals surface area contributed by atoms with Gasteiger partial charge in [-0.2, -0.15) is 0 Å². The zero-order valence-corrected chi connectivity index (χ0v) is 11.8. The fraction of sp³-hybridized carbons (Fsp3) is 0.667. The predicted molar refractivity (Wildman–Crippen MR) is 70.3 cm³/mol. The topological polar surface area (TPSA) is 122 Å². The lowest BCUT2D eigenvalue weighted by molar-refractivity contribution is -0.151. The number of urea groups is 1. The van der Waals surface area contributed by atoms with Crippen molar-refractivity contribution in [2.75, 3.05) is 6.54 Å². The second kappa shape index (κ2) is 6.36. The first-order chi connectivity index (χ1) is 9.27. The molecule has 0 aromatic rings. The van der Waals surface area contributed by atoms with Gasteiger partial charge in [0.25, 0.3) is 0 Å². The molecule has 1 heterocycles. The van der Waals surface area contributed by atoms with Gasteiger partial charge in [-0.05, 0) is 12.8 Å². The first-order valence-corrected chi connectivity index (χ1v) is 6.48. The molecule has 3 unspecified atom stereocenters. The summed E-state index contributed by atoms with van der Waals surface area (Å²) in [6, 6.07) is -2.43. The highest BCUT2D eigenvalue weighted by Gasteiger charge is 2.38. The molecule has 8 heteroatoms. The third-order valence-electron chi connectivity index (χ3n) is 3.48. The Kier molecular flexibility index (Phi) is 5.06. The number of rotatable bonds is 4. The van der Waals surface area contributed by atoms with E-state index in [2.05, 4.69) is 10.6 Å². The fourth-order valence-corrected chi connectivity index (χ4v) is 2.00. The molecule has 1 rings (SSSR count). The summed E-state index contributed by atoms with van der Waals surface area (Å²) in [5.74, 6) is -1.71. The molecule has 1 aliphatic heterocycles. The van der Waals surface area contributed by atoms with E-state index in [0.717, 1.165) is 4.90 Å². The van der Waals surface area contributed by atoms with E-state index in [1.165, 1.54) is 6.92 Å². The van der Waals surface area contributed by atoms with Crippen LogP contribution in [0.1, 0.15) is 27.2 Å². The smallest absolute Gasteiger partial charge is 0.312 e. The van der Waals surface area contributed by atoms with Crippen LogP contribution < -0.4 is 16.4 Å². The SMILES string of the molecule is CCC(C)C(NC(N)=O)C(=O)N1CC(=O)NC(=O)C1C. The zero-order chi connectivity index (χ0) is 15.4. The van der Waals surface area contributed by atoms with Crippen molar-refractivity contribution in [3.63, 3.8) is 0 Å². The summed E-state index contributed by atoms with van der Waals surface area (Å²) in [5, 5.41) is 4.54. The summed E-state index contributed by atoms with van der Waals surface area (Å²) in [6.45, 7) is 4.97. The standard InChI is InChI=1S/C12H20N4O4/c1-4-6(2)9(15-12(13)20)11(19)16-5-8(17)14-10(18)7(16)3/h6-7,9H,4-5H2,1-3H3,(H3,13,15,20)(H,14,17,18). The first kappa shape index (κ1) is 15.9. The van der Waals surface area contributed by atoms with Crippen LogP contribution >= 0.6 is 0 Å². The maximum absolute atomic E-state index is 12.5. The van der Waals surface area contributed by atoms with Gasteiger partial charge < -0.3 is 16.0 Å². The second-order valence-corrected chi connectivity index (χ2v) is 4.93. The van der Waals surface area contributed by atoms with Crippen LogP contribution in [0.15, 0.2) is 0 Å². The molecule has 0 radical (unpaired) electrons. The molecule has 8 nitrogen and oxygen atoms in total. The van der Waals surface area contributed by atoms with Gasteiger partial charge in [0.05, 0.1) is 0 Å². The lowest BCUT2D eigenvalue weighted by Crippen LogP contribution is -2.63. The first-order valence-electron chi connectivity index (χ1n) is 6.48. The maximum Gasteiger partial charge on any atom is 0.312 e. The molecule has 0 aromatic heterocycles. The molecule has 0 spiro atoms. The van der Waals surface area contributed by atoms with Crippen molar-refractivity contribution in [3.8, 4) is 0 Å². The van der Waals surface area contributed by atoms with E-state index in [4.69, 9.17) is 5.73 Å². The summed E-state index contributed by atoms with van der Waals surface area (Å²) in [5.41, 5.74) is 5.08. The molecule has 0 bridgehead atoms. The van der Waals surface area contributed by atoms with E-state index < -0.39 is 35.8 Å². The number of nitrogens with two attached hydrogens (primary N) is 1. The predicted octanol–water partition coefficient (Wildman–Crippen LogP) is -1.06. The molecule has 0 aromatic carbocycles. The molecule has 4 N–H and O–H groups in total. The minimum atomic E-state index is -0.848. The van der Waals surface area contributed by atoms with Crippen molar-refractivity contribution < 1.29 is 19.2 Å². The number of carbonyl (C=O) groups excluding carboxylic acids is 4. The van der Waals surface area contributed by atoms with Crippen LogP contribution in [0.2, 0.25) is 0 Å². The number of hydrogen-bond acceptors (Lipinski definition) is 4. The van der Waals surface area contributed by atoms with Gasteiger partial charge in [0.15, 0.2) is 0 Å². The Morgan fingerprint density at radius 1 is 1.50 bits per heavy atom. The van der Waals surface area contributed by atoms with E-state index in [1.54, 1.807) is 6.92 Å². The van der Waals surface area contributed by atoms with Crippen LogP contribution in [-0.2, 0) is 14.4 Å². The number of carbonyl (C=O) groups is 4. The van der Waals surface area contributed by atoms with Crippen LogP contribution in [0.3, 0.4) is 0 Å². The fourth-order valence-electron chi connectivity index (χ4n) is 2.00. The average molecular weight is 284 g/mol. The number of hydrogen-bond donors (Lipinski definition) is 3. The van der Waals surface area contributed by atoms with Gasteiger partial charge in [-0.15, -0.1) is 0 Å². The summed E-state index contributed by atoms with van der Waals surface area (Å²) in [7, 11) is 0. The van der Waals surface area contributed by atoms with E-state index in [-0.39, 0.29) is 12.5 Å². The normalized spacial score (nSPS) is 21.9. The lowest BCUT2D eigenvalue weighted by atomic mass is 9.97. The molecule has 112 valence electrons. The van der Waals surface area contributed by atoms with E-state index in [9.17, 15) is 19.2 Å². The Morgan fingerprint density at radius 3 is 2.60 bits per heavy atom. The molecule has 1 saturated heterocycles. The maximum atomic E-state index is 12.5. The molecule has 20 heavy (non-hydrogen) atoms. The Hall–Kier alpha value is -2.12. The highest BCUT2D eigenvalue weighted by Crippen LogP contribution is 2.14. The van der Waals surface area contributed by atoms with Crippen molar-refractivity contribution in [1.82, 2.24) is 15.5 Å². The number of piperazine rings is 1. The number of amides is 5. The van der Waals surface area contributed by atoms with Crippen LogP contribution in [-0.4, -0.2) is 47.3 Å². The van der Waals surface area contributed by atoms with E-state index >= 15 is 0 Å². The molecule has 3 atom stereocenters. The Bertz CT molecular complexity index is 437. The number of imide groups is 1. The molecule has 1 aliphatic rings. The summed E-state index contributed by atoms with van der Waals surface area (Å²) in [6.07, 6.45) is 0.638. The molecular weight excluding hydrogens is 264 g/mol. The van der Waals surface area contributed by atoms with Crippen LogP contribution in [0.5, 0.6) is 0 Å². The van der Waals surface area contributed by atoms with Gasteiger partial charge in [-0.25, -0.2) is 4.79 Å². The molecular formula is C12H20N4O4. The minimum Gasteiger partial charge on any atom is -0.352 e. The quantitative estimate of drug-likeness (QED) is 0.570. The van der Waals surface area contributed by atoms with Crippen LogP contribution in [0.25, 0.3) is 0 Å². The van der Waals surface area contributed by atoms with Crippen LogP contribution in [0, 0.1) is 5.92 Å². The van der Waals surface area contributed by atoms with E-state index in [0.29, 0.717) is 6.42 Å². The molecule has 1 fully saturated rings. The van der Waals surface area contributed by atoms with Crippen LogP contribution in [0.4, 0.5) is 4.79 Å². The number of nitrogens with zero attached hydrogens (tertiary/aromatic N) is 1. The monoisotopic (exact) mass is 284 g/mol. The van der Waals surface area contributed by atoms with E-state index in [1.807, 2.05) is 6.92 Å². The van der Waals surface area contributed by atoms with Crippen molar-refractivity contribution in [1.29, 1.82) is 0 Å². The molecule has 0 aliphatic carbocycles. The number of primary amides is 1. The summed E-state index contributed by atoms with van der Waals surface area (Å²) >= 11 is 0. The van der Waals surface area contributed by atoms with Crippen molar-refractivity contribution in [2.45, 2.75) is 39.3 Å². The minimum absolute atomic E-state index is 0.165. The van der Waals surface area contributed by atoms with Gasteiger partial charge in [-0.3, -0.25) is 19.7 Å². The Balaban J connectivity index is 2.95. The second-order valence-electron chi connectivity index (χ2n) is 4.93. The third kappa shape index (κ3) is 3.46. The Morgan fingerprint density at radius 2 is 2.10 bits per heavy atom. The van der Waals surface area contributed by atoms with Gasteiger partial charge in [0.2, 0.25) is 17.7 Å². The van der Waals surface area contributed by atoms with Gasteiger partial charge in [0, 0.05) is 0 Å². The molecule has 0 saturated carbocycles. The van der Waals surface area contributed by atoms with Gasteiger partial charge >= 0.3 is 6.03 Å².